The number of nitrogens with zero attached hydrogens (tertiary/aromatic N) is 1. The zero-order valence-corrected chi connectivity index (χ0v) is 9.43. The average Bonchev–Trinajstić information content (AvgIpc) is 2.21. The molecule has 1 rings (SSSR count). The van der Waals surface area contributed by atoms with Gasteiger partial charge in [-0.25, -0.2) is 0 Å². The minimum Gasteiger partial charge on any atom is -0.336 e. The second-order valence-corrected chi connectivity index (χ2v) is 4.03. The van der Waals surface area contributed by atoms with E-state index in [4.69, 9.17) is 1.41 Å². The molecule has 4 nitrogen and oxygen atoms in total. The molecule has 1 fully saturated rings. The first-order valence-corrected chi connectivity index (χ1v) is 5.16. The van der Waals surface area contributed by atoms with Gasteiger partial charge in [0.05, 0.1) is 0 Å². The maximum atomic E-state index is 11.7. The molecule has 1 amide bonds. The van der Waals surface area contributed by atoms with Crippen LogP contribution in [0.15, 0.2) is 12.2 Å². The van der Waals surface area contributed by atoms with Crippen LogP contribution >= 0.6 is 0 Å². The van der Waals surface area contributed by atoms with Crippen molar-refractivity contribution in [1.29, 1.82) is 0 Å². The first kappa shape index (κ1) is 10.4. The van der Waals surface area contributed by atoms with Gasteiger partial charge in [0, 0.05) is 31.2 Å². The fourth-order valence-corrected chi connectivity index (χ4v) is 1.72. The Bertz CT molecular complexity index is 305. The van der Waals surface area contributed by atoms with Gasteiger partial charge in [-0.1, -0.05) is 0 Å². The molecule has 1 N–H and O–H groups in total. The van der Waals surface area contributed by atoms with Crippen LogP contribution in [0.4, 0.5) is 0 Å². The lowest BCUT2D eigenvalue weighted by Crippen LogP contribution is -2.55. The van der Waals surface area contributed by atoms with Crippen molar-refractivity contribution >= 4 is 11.7 Å². The molecule has 0 saturated carbocycles. The van der Waals surface area contributed by atoms with Crippen LogP contribution in [0.25, 0.3) is 0 Å². The third-order valence-electron chi connectivity index (χ3n) is 2.25. The average molecular weight is 211 g/mol. The van der Waals surface area contributed by atoms with Crippen LogP contribution in [-0.4, -0.2) is 41.8 Å². The monoisotopic (exact) mass is 211 g/mol. The van der Waals surface area contributed by atoms with Gasteiger partial charge in [-0.3, -0.25) is 9.59 Å². The van der Waals surface area contributed by atoms with Crippen LogP contribution in [0.1, 0.15) is 20.8 Å². The summed E-state index contributed by atoms with van der Waals surface area (Å²) in [7, 11) is 0. The van der Waals surface area contributed by atoms with Crippen molar-refractivity contribution in [2.24, 2.45) is 0 Å². The zero-order chi connectivity index (χ0) is 12.3. The molecule has 0 aromatic rings. The van der Waals surface area contributed by atoms with E-state index in [0.717, 1.165) is 0 Å². The number of piperazine rings is 1. The summed E-state index contributed by atoms with van der Waals surface area (Å²) in [6.07, 6.45) is 2.59. The highest BCUT2D eigenvalue weighted by Gasteiger charge is 2.23. The molecule has 0 aliphatic carbocycles. The van der Waals surface area contributed by atoms with Crippen LogP contribution in [0.3, 0.4) is 0 Å². The second kappa shape index (κ2) is 5.07. The molecule has 0 spiro atoms. The number of hydrogen-bond donors (Lipinski definition) is 1. The van der Waals surface area contributed by atoms with Gasteiger partial charge in [-0.05, 0) is 26.8 Å². The SMILES string of the molecule is [2H]N1[C@H](C)CN(C(=O)/C=C/C(C)=O)C[C@@H]1C. The predicted octanol–water partition coefficient (Wildman–Crippen LogP) is 0.340. The number of hydrogen-bond acceptors (Lipinski definition) is 3. The summed E-state index contributed by atoms with van der Waals surface area (Å²) in [6.45, 7) is 6.32. The van der Waals surface area contributed by atoms with Gasteiger partial charge < -0.3 is 10.2 Å². The summed E-state index contributed by atoms with van der Waals surface area (Å²) in [4.78, 5) is 24.1. The Morgan fingerprint density at radius 1 is 1.33 bits per heavy atom. The molecule has 0 bridgehead atoms. The molecule has 84 valence electrons. The van der Waals surface area contributed by atoms with E-state index in [9.17, 15) is 9.59 Å². The second-order valence-electron chi connectivity index (χ2n) is 4.03. The zero-order valence-electron chi connectivity index (χ0n) is 10.4. The van der Waals surface area contributed by atoms with Crippen molar-refractivity contribution < 1.29 is 11.0 Å². The summed E-state index contributed by atoms with van der Waals surface area (Å²) in [5.41, 5.74) is 0. The Balaban J connectivity index is 2.61. The lowest BCUT2D eigenvalue weighted by molar-refractivity contribution is -0.128. The van der Waals surface area contributed by atoms with Crippen molar-refractivity contribution in [2.45, 2.75) is 32.9 Å². The number of allylic oxidation sites excluding steroid dienone is 1. The summed E-state index contributed by atoms with van der Waals surface area (Å²) in [5, 5.41) is 1.51. The van der Waals surface area contributed by atoms with Crippen LogP contribution < -0.4 is 5.31 Å². The number of carbonyl (C=O) groups is 2. The van der Waals surface area contributed by atoms with Crippen LogP contribution in [0, 0.1) is 0 Å². The van der Waals surface area contributed by atoms with Crippen molar-refractivity contribution in [3.05, 3.63) is 12.2 Å². The molecule has 2 atom stereocenters. The van der Waals surface area contributed by atoms with E-state index in [1.54, 1.807) is 4.90 Å². The fourth-order valence-electron chi connectivity index (χ4n) is 1.72. The number of amides is 1. The first-order valence-electron chi connectivity index (χ1n) is 5.61. The highest BCUT2D eigenvalue weighted by atomic mass is 16.2. The molecule has 0 unspecified atom stereocenters. The molecule has 0 aromatic carbocycles. The predicted molar refractivity (Wildman–Crippen MR) is 58.5 cm³/mol. The van der Waals surface area contributed by atoms with E-state index < -0.39 is 0 Å². The fraction of sp³-hybridized carbons (Fsp3) is 0.636. The van der Waals surface area contributed by atoms with E-state index in [2.05, 4.69) is 0 Å². The lowest BCUT2D eigenvalue weighted by Gasteiger charge is -2.35. The van der Waals surface area contributed by atoms with Gasteiger partial charge in [0.15, 0.2) is 5.78 Å². The van der Waals surface area contributed by atoms with Crippen LogP contribution in [0.5, 0.6) is 0 Å². The van der Waals surface area contributed by atoms with Gasteiger partial charge in [0.25, 0.3) is 0 Å². The topological polar surface area (TPSA) is 49.4 Å². The third kappa shape index (κ3) is 3.83. The van der Waals surface area contributed by atoms with Gasteiger partial charge in [0.2, 0.25) is 5.91 Å². The summed E-state index contributed by atoms with van der Waals surface area (Å²) >= 11 is 0. The summed E-state index contributed by atoms with van der Waals surface area (Å²) < 4.78 is 7.71. The Morgan fingerprint density at radius 2 is 1.87 bits per heavy atom. The van der Waals surface area contributed by atoms with Gasteiger partial charge in [-0.15, -0.1) is 0 Å². The van der Waals surface area contributed by atoms with Crippen molar-refractivity contribution in [3.63, 3.8) is 0 Å². The number of carbonyl (C=O) groups excluding carboxylic acids is 2. The molecular formula is C11H18N2O2. The molecule has 4 heteroatoms. The quantitative estimate of drug-likeness (QED) is 0.670. The largest absolute Gasteiger partial charge is 0.336 e. The highest BCUT2D eigenvalue weighted by molar-refractivity contribution is 5.96. The van der Waals surface area contributed by atoms with Crippen LogP contribution in [0.2, 0.25) is 1.41 Å². The molecule has 0 radical (unpaired) electrons. The standard InChI is InChI=1S/C11H18N2O2/c1-8-6-13(7-9(2)12-8)11(15)5-4-10(3)14/h4-5,8-9,12H,6-7H2,1-3H3/b5-4+/t8-,9+/i/hD. The van der Waals surface area contributed by atoms with Crippen LogP contribution in [-0.2, 0) is 9.59 Å². The maximum absolute atomic E-state index is 11.7. The van der Waals surface area contributed by atoms with Gasteiger partial charge in [0.1, 0.15) is 1.41 Å². The molecule has 1 aliphatic heterocycles. The highest BCUT2D eigenvalue weighted by Crippen LogP contribution is 2.04. The summed E-state index contributed by atoms with van der Waals surface area (Å²) in [5.74, 6) is -0.282. The maximum Gasteiger partial charge on any atom is 0.246 e. The Hall–Kier alpha value is -1.16. The summed E-state index contributed by atoms with van der Waals surface area (Å²) in [6, 6.07) is 0.0526. The first-order chi connectivity index (χ1) is 7.41. The molecule has 1 heterocycles. The van der Waals surface area contributed by atoms with E-state index >= 15 is 0 Å². The molecule has 1 aliphatic rings. The van der Waals surface area contributed by atoms with E-state index in [0.29, 0.717) is 13.1 Å². The van der Waals surface area contributed by atoms with Crippen molar-refractivity contribution in [3.8, 4) is 0 Å². The normalized spacial score (nSPS) is 29.3. The van der Waals surface area contributed by atoms with Gasteiger partial charge in [-0.2, -0.15) is 0 Å². The Labute approximate surface area is 91.8 Å². The number of rotatable bonds is 2. The van der Waals surface area contributed by atoms with E-state index in [1.807, 2.05) is 13.8 Å². The lowest BCUT2D eigenvalue weighted by atomic mass is 10.1. The van der Waals surface area contributed by atoms with Crippen molar-refractivity contribution in [1.82, 2.24) is 10.2 Å². The minimum atomic E-state index is -0.151. The molecular weight excluding hydrogens is 192 g/mol. The number of ketones is 1. The van der Waals surface area contributed by atoms with E-state index in [-0.39, 0.29) is 23.8 Å². The Kier molecular flexibility index (Phi) is 3.50. The minimum absolute atomic E-state index is 0.0263. The third-order valence-corrected chi connectivity index (χ3v) is 2.25. The van der Waals surface area contributed by atoms with E-state index in [1.165, 1.54) is 24.4 Å². The smallest absolute Gasteiger partial charge is 0.246 e. The van der Waals surface area contributed by atoms with Crippen molar-refractivity contribution in [2.75, 3.05) is 13.1 Å². The Morgan fingerprint density at radius 3 is 2.33 bits per heavy atom. The van der Waals surface area contributed by atoms with Gasteiger partial charge >= 0.3 is 0 Å². The molecule has 1 saturated heterocycles. The number of nitrogens with one attached hydrogen (secondary N) is 1. The molecule has 15 heavy (non-hydrogen) atoms. The molecule has 0 aromatic heterocycles.